The Morgan fingerprint density at radius 1 is 1.27 bits per heavy atom. The third kappa shape index (κ3) is 8.93. The maximum atomic E-state index is 11.2. The molecule has 26 heavy (non-hydrogen) atoms. The first kappa shape index (κ1) is 24.8. The Morgan fingerprint density at radius 2 is 1.96 bits per heavy atom. The van der Waals surface area contributed by atoms with Gasteiger partial charge in [-0.3, -0.25) is 4.99 Å². The molecule has 0 amide bonds. The van der Waals surface area contributed by atoms with Gasteiger partial charge in [0.05, 0.1) is 20.0 Å². The van der Waals surface area contributed by atoms with Gasteiger partial charge in [0.25, 0.3) is 0 Å². The number of guanidine groups is 1. The Balaban J connectivity index is 0.00000625. The smallest absolute Gasteiger partial charge is 0.193 e. The molecule has 7 nitrogen and oxygen atoms in total. The topological polar surface area (TPSA) is 80.2 Å². The Morgan fingerprint density at radius 3 is 2.50 bits per heavy atom. The molecule has 0 spiro atoms. The lowest BCUT2D eigenvalue weighted by atomic mass is 10.2. The molecule has 0 heterocycles. The van der Waals surface area contributed by atoms with E-state index in [4.69, 9.17) is 9.47 Å². The van der Waals surface area contributed by atoms with Crippen molar-refractivity contribution in [2.75, 3.05) is 46.4 Å². The fourth-order valence-electron chi connectivity index (χ4n) is 2.29. The van der Waals surface area contributed by atoms with Crippen LogP contribution in [0.4, 0.5) is 0 Å². The van der Waals surface area contributed by atoms with Crippen LogP contribution in [0.1, 0.15) is 18.9 Å². The van der Waals surface area contributed by atoms with Crippen LogP contribution in [0.2, 0.25) is 0 Å². The molecule has 0 radical (unpaired) electrons. The van der Waals surface area contributed by atoms with Crippen LogP contribution in [0.3, 0.4) is 0 Å². The van der Waals surface area contributed by atoms with E-state index in [1.54, 1.807) is 14.2 Å². The Labute approximate surface area is 174 Å². The summed E-state index contributed by atoms with van der Waals surface area (Å²) in [6, 6.07) is 5.70. The van der Waals surface area contributed by atoms with Gasteiger partial charge in [-0.25, -0.2) is 8.42 Å². The molecule has 1 aromatic rings. The van der Waals surface area contributed by atoms with Crippen molar-refractivity contribution in [2.45, 2.75) is 19.9 Å². The van der Waals surface area contributed by atoms with Gasteiger partial charge in [-0.2, -0.15) is 0 Å². The van der Waals surface area contributed by atoms with Crippen molar-refractivity contribution in [1.29, 1.82) is 0 Å². The Bertz CT molecular complexity index is 681. The van der Waals surface area contributed by atoms with Crippen LogP contribution in [-0.4, -0.2) is 65.6 Å². The molecule has 0 aliphatic rings. The van der Waals surface area contributed by atoms with E-state index >= 15 is 0 Å². The van der Waals surface area contributed by atoms with Gasteiger partial charge in [-0.05, 0) is 25.5 Å². The molecular weight excluding hydrogens is 469 g/mol. The van der Waals surface area contributed by atoms with Gasteiger partial charge in [-0.15, -0.1) is 24.0 Å². The third-order valence-corrected chi connectivity index (χ3v) is 4.56. The average Bonchev–Trinajstić information content (AvgIpc) is 2.56. The molecule has 1 aromatic carbocycles. The van der Waals surface area contributed by atoms with E-state index in [2.05, 4.69) is 10.3 Å². The molecule has 0 aliphatic carbocycles. The highest BCUT2D eigenvalue weighted by Gasteiger charge is 2.11. The maximum Gasteiger partial charge on any atom is 0.193 e. The molecule has 150 valence electrons. The molecule has 0 unspecified atom stereocenters. The van der Waals surface area contributed by atoms with Crippen LogP contribution >= 0.6 is 24.0 Å². The summed E-state index contributed by atoms with van der Waals surface area (Å²) in [7, 11) is 2.23. The zero-order valence-electron chi connectivity index (χ0n) is 16.1. The van der Waals surface area contributed by atoms with E-state index in [-0.39, 0.29) is 29.7 Å². The number of methoxy groups -OCH3 is 2. The molecule has 0 saturated heterocycles. The van der Waals surface area contributed by atoms with Crippen LogP contribution in [0.25, 0.3) is 0 Å². The molecule has 0 aliphatic heterocycles. The number of aliphatic imine (C=N–C) groups is 1. The average molecular weight is 499 g/mol. The number of hydrogen-bond acceptors (Lipinski definition) is 5. The first-order chi connectivity index (χ1) is 11.8. The van der Waals surface area contributed by atoms with Gasteiger partial charge >= 0.3 is 0 Å². The summed E-state index contributed by atoms with van der Waals surface area (Å²) in [5.74, 6) is 2.36. The fourth-order valence-corrected chi connectivity index (χ4v) is 2.95. The number of nitrogens with one attached hydrogen (secondary N) is 1. The standard InChI is InChI=1S/C17H29N3O4S.HI/c1-6-18-17(19-10-7-11-25(5,21)22)20(2)13-14-8-9-15(23-3)12-16(14)24-4;/h8-9,12H,6-7,10-11,13H2,1-5H3,(H,18,19);1H. The minimum atomic E-state index is -2.95. The lowest BCUT2D eigenvalue weighted by molar-refractivity contribution is 0.382. The summed E-state index contributed by atoms with van der Waals surface area (Å²) in [5.41, 5.74) is 1.01. The van der Waals surface area contributed by atoms with E-state index in [9.17, 15) is 8.42 Å². The predicted octanol–water partition coefficient (Wildman–Crippen LogP) is 2.15. The van der Waals surface area contributed by atoms with Crippen molar-refractivity contribution in [2.24, 2.45) is 4.99 Å². The number of sulfone groups is 1. The van der Waals surface area contributed by atoms with E-state index in [1.165, 1.54) is 6.26 Å². The Kier molecular flexibility index (Phi) is 11.6. The van der Waals surface area contributed by atoms with Gasteiger partial charge in [0.2, 0.25) is 0 Å². The van der Waals surface area contributed by atoms with Crippen LogP contribution in [0.15, 0.2) is 23.2 Å². The number of ether oxygens (including phenoxy) is 2. The second kappa shape index (κ2) is 12.2. The van der Waals surface area contributed by atoms with Crippen LogP contribution < -0.4 is 14.8 Å². The summed E-state index contributed by atoms with van der Waals surface area (Å²) in [6.07, 6.45) is 1.75. The van der Waals surface area contributed by atoms with E-state index in [0.29, 0.717) is 19.5 Å². The van der Waals surface area contributed by atoms with Crippen LogP contribution in [0, 0.1) is 0 Å². The fraction of sp³-hybridized carbons (Fsp3) is 0.588. The normalized spacial score (nSPS) is 11.5. The van der Waals surface area contributed by atoms with E-state index < -0.39 is 9.84 Å². The SMILES string of the molecule is CCNC(=NCCCS(C)(=O)=O)N(C)Cc1ccc(OC)cc1OC.I. The molecule has 1 rings (SSSR count). The molecular formula is C17H30IN3O4S. The molecule has 1 N–H and O–H groups in total. The lowest BCUT2D eigenvalue weighted by Crippen LogP contribution is -2.38. The lowest BCUT2D eigenvalue weighted by Gasteiger charge is -2.23. The molecule has 0 saturated carbocycles. The predicted molar refractivity (Wildman–Crippen MR) is 117 cm³/mol. The van der Waals surface area contributed by atoms with Gasteiger partial charge in [0.15, 0.2) is 5.96 Å². The summed E-state index contributed by atoms with van der Waals surface area (Å²) < 4.78 is 33.0. The zero-order chi connectivity index (χ0) is 18.9. The van der Waals surface area contributed by atoms with Crippen molar-refractivity contribution in [1.82, 2.24) is 10.2 Å². The van der Waals surface area contributed by atoms with Crippen molar-refractivity contribution in [3.8, 4) is 11.5 Å². The molecule has 0 atom stereocenters. The number of benzene rings is 1. The molecule has 0 fully saturated rings. The number of halogens is 1. The van der Waals surface area contributed by atoms with Crippen LogP contribution in [0.5, 0.6) is 11.5 Å². The van der Waals surface area contributed by atoms with E-state index in [1.807, 2.05) is 37.1 Å². The third-order valence-electron chi connectivity index (χ3n) is 3.53. The Hall–Kier alpha value is -1.23. The molecule has 0 bridgehead atoms. The van der Waals surface area contributed by atoms with Gasteiger partial charge in [0.1, 0.15) is 21.3 Å². The number of rotatable bonds is 9. The van der Waals surface area contributed by atoms with Gasteiger partial charge in [0, 0.05) is 44.6 Å². The highest BCUT2D eigenvalue weighted by atomic mass is 127. The van der Waals surface area contributed by atoms with E-state index in [0.717, 1.165) is 29.6 Å². The zero-order valence-corrected chi connectivity index (χ0v) is 19.3. The highest BCUT2D eigenvalue weighted by molar-refractivity contribution is 14.0. The number of hydrogen-bond donors (Lipinski definition) is 1. The van der Waals surface area contributed by atoms with Crippen molar-refractivity contribution < 1.29 is 17.9 Å². The minimum absolute atomic E-state index is 0. The van der Waals surface area contributed by atoms with Crippen molar-refractivity contribution >= 4 is 39.8 Å². The summed E-state index contributed by atoms with van der Waals surface area (Å²) in [5, 5.41) is 3.22. The number of nitrogens with zero attached hydrogens (tertiary/aromatic N) is 2. The monoisotopic (exact) mass is 499 g/mol. The summed E-state index contributed by atoms with van der Waals surface area (Å²) in [4.78, 5) is 6.48. The summed E-state index contributed by atoms with van der Waals surface area (Å²) in [6.45, 7) is 3.79. The van der Waals surface area contributed by atoms with Crippen LogP contribution in [-0.2, 0) is 16.4 Å². The highest BCUT2D eigenvalue weighted by Crippen LogP contribution is 2.25. The second-order valence-corrected chi connectivity index (χ2v) is 8.01. The van der Waals surface area contributed by atoms with Gasteiger partial charge < -0.3 is 19.7 Å². The largest absolute Gasteiger partial charge is 0.497 e. The molecule has 9 heteroatoms. The summed E-state index contributed by atoms with van der Waals surface area (Å²) >= 11 is 0. The first-order valence-corrected chi connectivity index (χ1v) is 10.2. The first-order valence-electron chi connectivity index (χ1n) is 8.18. The second-order valence-electron chi connectivity index (χ2n) is 5.75. The quantitative estimate of drug-likeness (QED) is 0.243. The molecule has 0 aromatic heterocycles. The maximum absolute atomic E-state index is 11.2. The van der Waals surface area contributed by atoms with Crippen molar-refractivity contribution in [3.05, 3.63) is 23.8 Å². The van der Waals surface area contributed by atoms with Crippen molar-refractivity contribution in [3.63, 3.8) is 0 Å². The van der Waals surface area contributed by atoms with Gasteiger partial charge in [-0.1, -0.05) is 0 Å². The minimum Gasteiger partial charge on any atom is -0.497 e.